The van der Waals surface area contributed by atoms with Gasteiger partial charge in [-0.1, -0.05) is 206 Å². The summed E-state index contributed by atoms with van der Waals surface area (Å²) < 4.78 is 14.0. The van der Waals surface area contributed by atoms with Gasteiger partial charge in [0.05, 0.1) is 16.8 Å². The molecule has 296 valence electrons. The topological polar surface area (TPSA) is 44.2 Å². The van der Waals surface area contributed by atoms with Gasteiger partial charge in [0.2, 0.25) is 0 Å². The van der Waals surface area contributed by atoms with E-state index in [1.54, 1.807) is 0 Å². The first-order valence-corrected chi connectivity index (χ1v) is 21.3. The van der Waals surface area contributed by atoms with E-state index in [-0.39, 0.29) is 0 Å². The Labute approximate surface area is 366 Å². The highest BCUT2D eigenvalue weighted by Gasteiger charge is 2.48. The van der Waals surface area contributed by atoms with E-state index < -0.39 is 5.41 Å². The van der Waals surface area contributed by atoms with Crippen LogP contribution in [-0.4, -0.2) is 9.97 Å². The Morgan fingerprint density at radius 2 is 0.857 bits per heavy atom. The molecule has 0 radical (unpaired) electrons. The normalized spacial score (nSPS) is 12.8. The molecule has 0 bridgehead atoms. The van der Waals surface area contributed by atoms with Crippen molar-refractivity contribution >= 4 is 0 Å². The number of benzene rings is 9. The van der Waals surface area contributed by atoms with Crippen LogP contribution in [0.25, 0.3) is 67.3 Å². The maximum absolute atomic E-state index is 7.23. The van der Waals surface area contributed by atoms with Gasteiger partial charge in [0.1, 0.15) is 0 Å². The van der Waals surface area contributed by atoms with E-state index in [9.17, 15) is 0 Å². The van der Waals surface area contributed by atoms with E-state index in [0.29, 0.717) is 23.1 Å². The molecule has 0 atom stereocenters. The molecule has 1 aliphatic heterocycles. The average molecular weight is 807 g/mol. The third-order valence-electron chi connectivity index (χ3n) is 12.5. The lowest BCUT2D eigenvalue weighted by Gasteiger charge is -2.34. The van der Waals surface area contributed by atoms with E-state index in [1.807, 2.05) is 36.4 Å². The molecule has 2 heterocycles. The Morgan fingerprint density at radius 3 is 1.59 bits per heavy atom. The van der Waals surface area contributed by atoms with Crippen molar-refractivity contribution in [3.8, 4) is 90.3 Å². The van der Waals surface area contributed by atoms with Crippen molar-refractivity contribution in [3.63, 3.8) is 0 Å². The standard InChI is InChI=1S/C59H38N2O2/c1-5-19-39(20-6-1)45-29-13-14-30-47(45)52-38-51(60-58(61-52)40-21-7-2-8-22-40)42-24-17-23-41(37-42)46-32-18-34-53-56(46)63-57-54(62-53)36-35-50-55(57)48-31-15-16-33-49(48)59(50,43-25-9-3-10-26-43)44-27-11-4-12-28-44/h1-38H. The second kappa shape index (κ2) is 15.0. The smallest absolute Gasteiger partial charge is 0.178 e. The minimum absolute atomic E-state index is 0.558. The minimum Gasteiger partial charge on any atom is -0.449 e. The highest BCUT2D eigenvalue weighted by molar-refractivity contribution is 5.93. The van der Waals surface area contributed by atoms with Crippen LogP contribution in [0, 0.1) is 0 Å². The summed E-state index contributed by atoms with van der Waals surface area (Å²) in [7, 11) is 0. The highest BCUT2D eigenvalue weighted by Crippen LogP contribution is 2.63. The van der Waals surface area contributed by atoms with Gasteiger partial charge in [-0.25, -0.2) is 9.97 Å². The molecule has 63 heavy (non-hydrogen) atoms. The van der Waals surface area contributed by atoms with E-state index in [0.717, 1.165) is 72.8 Å². The lowest BCUT2D eigenvalue weighted by molar-refractivity contribution is 0.361. The molecule has 10 aromatic rings. The van der Waals surface area contributed by atoms with Gasteiger partial charge in [-0.3, -0.25) is 0 Å². The largest absolute Gasteiger partial charge is 0.449 e. The second-order valence-corrected chi connectivity index (χ2v) is 16.0. The van der Waals surface area contributed by atoms with Crippen molar-refractivity contribution in [2.24, 2.45) is 0 Å². The van der Waals surface area contributed by atoms with E-state index in [1.165, 1.54) is 16.7 Å². The summed E-state index contributed by atoms with van der Waals surface area (Å²) in [5.41, 5.74) is 15.2. The molecular weight excluding hydrogens is 769 g/mol. The number of ether oxygens (including phenoxy) is 2. The van der Waals surface area contributed by atoms with Gasteiger partial charge in [0.15, 0.2) is 28.8 Å². The van der Waals surface area contributed by atoms with Crippen LogP contribution >= 0.6 is 0 Å². The monoisotopic (exact) mass is 806 g/mol. The van der Waals surface area contributed by atoms with Crippen LogP contribution in [0.5, 0.6) is 23.0 Å². The molecular formula is C59H38N2O2. The van der Waals surface area contributed by atoms with Gasteiger partial charge in [0, 0.05) is 27.8 Å². The van der Waals surface area contributed by atoms with Gasteiger partial charge in [-0.05, 0) is 68.8 Å². The molecule has 12 rings (SSSR count). The van der Waals surface area contributed by atoms with E-state index in [2.05, 4.69) is 194 Å². The fourth-order valence-corrected chi connectivity index (χ4v) is 9.68. The van der Waals surface area contributed by atoms with Crippen LogP contribution in [0.1, 0.15) is 22.3 Å². The Kier molecular flexibility index (Phi) is 8.68. The van der Waals surface area contributed by atoms with Crippen LogP contribution in [-0.2, 0) is 5.41 Å². The summed E-state index contributed by atoms with van der Waals surface area (Å²) in [6.07, 6.45) is 0. The summed E-state index contributed by atoms with van der Waals surface area (Å²) in [5, 5.41) is 0. The summed E-state index contributed by atoms with van der Waals surface area (Å²) in [5.74, 6) is 3.42. The molecule has 9 aromatic carbocycles. The SMILES string of the molecule is c1ccc(-c2nc(-c3cccc(-c4cccc5c4Oc4c(ccc6c4-c4ccccc4C6(c4ccccc4)c4ccccc4)O5)c3)cc(-c3ccccc3-c3ccccc3)n2)cc1. The van der Waals surface area contributed by atoms with E-state index >= 15 is 0 Å². The molecule has 1 aliphatic carbocycles. The molecule has 0 spiro atoms. The highest BCUT2D eigenvalue weighted by atomic mass is 16.6. The van der Waals surface area contributed by atoms with Crippen LogP contribution < -0.4 is 9.47 Å². The fraction of sp³-hybridized carbons (Fsp3) is 0.0169. The summed E-state index contributed by atoms with van der Waals surface area (Å²) in [6.45, 7) is 0. The van der Waals surface area contributed by atoms with Gasteiger partial charge in [-0.15, -0.1) is 0 Å². The Bertz CT molecular complexity index is 3290. The number of para-hydroxylation sites is 1. The van der Waals surface area contributed by atoms with Crippen molar-refractivity contribution in [1.82, 2.24) is 9.97 Å². The Hall–Kier alpha value is -8.34. The molecule has 0 saturated heterocycles. The number of hydrogen-bond donors (Lipinski definition) is 0. The molecule has 0 unspecified atom stereocenters. The number of nitrogens with zero attached hydrogens (tertiary/aromatic N) is 2. The molecule has 2 aliphatic rings. The molecule has 0 saturated carbocycles. The first kappa shape index (κ1) is 36.5. The van der Waals surface area contributed by atoms with Crippen molar-refractivity contribution in [3.05, 3.63) is 253 Å². The predicted molar refractivity (Wildman–Crippen MR) is 253 cm³/mol. The number of fused-ring (bicyclic) bond motifs is 6. The van der Waals surface area contributed by atoms with Gasteiger partial charge in [0.25, 0.3) is 0 Å². The molecule has 1 aromatic heterocycles. The maximum Gasteiger partial charge on any atom is 0.178 e. The molecule has 0 amide bonds. The molecule has 0 N–H and O–H groups in total. The van der Waals surface area contributed by atoms with Gasteiger partial charge < -0.3 is 9.47 Å². The average Bonchev–Trinajstić information content (AvgIpc) is 3.68. The third-order valence-corrected chi connectivity index (χ3v) is 12.5. The molecule has 4 heteroatoms. The van der Waals surface area contributed by atoms with Crippen LogP contribution in [0.2, 0.25) is 0 Å². The number of aromatic nitrogens is 2. The first-order chi connectivity index (χ1) is 31.2. The van der Waals surface area contributed by atoms with Crippen molar-refractivity contribution < 1.29 is 9.47 Å². The Balaban J connectivity index is 0.995. The van der Waals surface area contributed by atoms with Crippen molar-refractivity contribution in [2.45, 2.75) is 5.41 Å². The molecule has 0 fully saturated rings. The van der Waals surface area contributed by atoms with Crippen molar-refractivity contribution in [1.29, 1.82) is 0 Å². The zero-order valence-corrected chi connectivity index (χ0v) is 34.2. The van der Waals surface area contributed by atoms with Gasteiger partial charge >= 0.3 is 0 Å². The summed E-state index contributed by atoms with van der Waals surface area (Å²) in [4.78, 5) is 10.4. The van der Waals surface area contributed by atoms with Crippen molar-refractivity contribution in [2.75, 3.05) is 0 Å². The van der Waals surface area contributed by atoms with Crippen LogP contribution in [0.4, 0.5) is 0 Å². The minimum atomic E-state index is -0.558. The first-order valence-electron chi connectivity index (χ1n) is 21.3. The third kappa shape index (κ3) is 5.99. The Morgan fingerprint density at radius 1 is 0.317 bits per heavy atom. The zero-order valence-electron chi connectivity index (χ0n) is 34.2. The molecule has 4 nitrogen and oxygen atoms in total. The zero-order chi connectivity index (χ0) is 41.7. The van der Waals surface area contributed by atoms with E-state index in [4.69, 9.17) is 19.4 Å². The fourth-order valence-electron chi connectivity index (χ4n) is 9.68. The van der Waals surface area contributed by atoms with Crippen LogP contribution in [0.15, 0.2) is 231 Å². The van der Waals surface area contributed by atoms with Gasteiger partial charge in [-0.2, -0.15) is 0 Å². The number of rotatable bonds is 7. The predicted octanol–water partition coefficient (Wildman–Crippen LogP) is 15.1. The number of hydrogen-bond acceptors (Lipinski definition) is 4. The lowest BCUT2D eigenvalue weighted by atomic mass is 9.68. The quantitative estimate of drug-likeness (QED) is 0.161. The lowest BCUT2D eigenvalue weighted by Crippen LogP contribution is -2.28. The van der Waals surface area contributed by atoms with Crippen LogP contribution in [0.3, 0.4) is 0 Å². The summed E-state index contributed by atoms with van der Waals surface area (Å²) >= 11 is 0. The summed E-state index contributed by atoms with van der Waals surface area (Å²) in [6, 6.07) is 80.5. The maximum atomic E-state index is 7.23. The second-order valence-electron chi connectivity index (χ2n) is 16.0.